The van der Waals surface area contributed by atoms with E-state index in [0.29, 0.717) is 5.92 Å². The van der Waals surface area contributed by atoms with Crippen molar-refractivity contribution in [1.29, 1.82) is 0 Å². The van der Waals surface area contributed by atoms with Gasteiger partial charge in [0.25, 0.3) is 0 Å². The molecule has 0 bridgehead atoms. The van der Waals surface area contributed by atoms with Crippen LogP contribution in [-0.4, -0.2) is 0 Å². The molecule has 0 radical (unpaired) electrons. The number of hydrogen-bond donors (Lipinski definition) is 0. The Morgan fingerprint density at radius 3 is 2.00 bits per heavy atom. The molecule has 0 fully saturated rings. The Kier molecular flexibility index (Phi) is 4.19. The van der Waals surface area contributed by atoms with Gasteiger partial charge in [0.1, 0.15) is 0 Å². The molecule has 2 atom stereocenters. The molecule has 0 aliphatic heterocycles. The summed E-state index contributed by atoms with van der Waals surface area (Å²) in [5, 5.41) is 0. The standard InChI is InChI=1S/C14H22/c1-11(2)10-12(3)13(4)14-8-6-5-7-9-14/h5-9,11-13H,10H2,1-4H3. The summed E-state index contributed by atoms with van der Waals surface area (Å²) in [4.78, 5) is 0. The van der Waals surface area contributed by atoms with Gasteiger partial charge < -0.3 is 0 Å². The van der Waals surface area contributed by atoms with Crippen molar-refractivity contribution in [2.75, 3.05) is 0 Å². The Balaban J connectivity index is 2.61. The second kappa shape index (κ2) is 5.19. The maximum absolute atomic E-state index is 2.36. The fourth-order valence-electron chi connectivity index (χ4n) is 2.03. The van der Waals surface area contributed by atoms with Gasteiger partial charge in [-0.05, 0) is 29.7 Å². The summed E-state index contributed by atoms with van der Waals surface area (Å²) in [6, 6.07) is 10.8. The van der Waals surface area contributed by atoms with Crippen LogP contribution >= 0.6 is 0 Å². The lowest BCUT2D eigenvalue weighted by Gasteiger charge is -2.21. The van der Waals surface area contributed by atoms with Crippen molar-refractivity contribution in [3.8, 4) is 0 Å². The van der Waals surface area contributed by atoms with Crippen molar-refractivity contribution in [3.05, 3.63) is 35.9 Å². The third kappa shape index (κ3) is 3.17. The first kappa shape index (κ1) is 11.3. The summed E-state index contributed by atoms with van der Waals surface area (Å²) in [5.41, 5.74) is 1.47. The van der Waals surface area contributed by atoms with Crippen LogP contribution in [0.2, 0.25) is 0 Å². The Morgan fingerprint density at radius 1 is 0.929 bits per heavy atom. The van der Waals surface area contributed by atoms with E-state index in [4.69, 9.17) is 0 Å². The molecular formula is C14H22. The molecule has 78 valence electrons. The molecule has 0 aliphatic carbocycles. The Morgan fingerprint density at radius 2 is 1.50 bits per heavy atom. The van der Waals surface area contributed by atoms with Crippen molar-refractivity contribution in [3.63, 3.8) is 0 Å². The molecule has 0 aliphatic rings. The van der Waals surface area contributed by atoms with Crippen LogP contribution in [0.1, 0.15) is 45.6 Å². The Hall–Kier alpha value is -0.780. The van der Waals surface area contributed by atoms with Crippen molar-refractivity contribution < 1.29 is 0 Å². The highest BCUT2D eigenvalue weighted by atomic mass is 14.2. The zero-order chi connectivity index (χ0) is 10.6. The molecule has 1 rings (SSSR count). The van der Waals surface area contributed by atoms with Crippen LogP contribution in [0.15, 0.2) is 30.3 Å². The lowest BCUT2D eigenvalue weighted by atomic mass is 9.84. The van der Waals surface area contributed by atoms with E-state index in [9.17, 15) is 0 Å². The summed E-state index contributed by atoms with van der Waals surface area (Å²) in [5.74, 6) is 2.26. The molecule has 0 saturated carbocycles. The van der Waals surface area contributed by atoms with E-state index in [1.165, 1.54) is 12.0 Å². The van der Waals surface area contributed by atoms with Crippen LogP contribution in [0.25, 0.3) is 0 Å². The normalized spacial score (nSPS) is 15.5. The van der Waals surface area contributed by atoms with Crippen molar-refractivity contribution in [2.45, 2.75) is 40.0 Å². The van der Waals surface area contributed by atoms with E-state index in [0.717, 1.165) is 11.8 Å². The largest absolute Gasteiger partial charge is 0.0628 e. The van der Waals surface area contributed by atoms with Crippen LogP contribution in [-0.2, 0) is 0 Å². The number of hydrogen-bond acceptors (Lipinski definition) is 0. The molecule has 2 unspecified atom stereocenters. The maximum atomic E-state index is 2.36. The molecule has 0 heterocycles. The Bertz CT molecular complexity index is 248. The van der Waals surface area contributed by atoms with Gasteiger partial charge in [-0.3, -0.25) is 0 Å². The number of rotatable bonds is 4. The summed E-state index contributed by atoms with van der Waals surface area (Å²) in [7, 11) is 0. The third-order valence-electron chi connectivity index (χ3n) is 3.02. The quantitative estimate of drug-likeness (QED) is 0.657. The first-order valence-electron chi connectivity index (χ1n) is 5.66. The number of benzene rings is 1. The molecule has 14 heavy (non-hydrogen) atoms. The molecule has 0 amide bonds. The summed E-state index contributed by atoms with van der Waals surface area (Å²) < 4.78 is 0. The third-order valence-corrected chi connectivity index (χ3v) is 3.02. The zero-order valence-electron chi connectivity index (χ0n) is 9.83. The van der Waals surface area contributed by atoms with Crippen LogP contribution in [0, 0.1) is 11.8 Å². The van der Waals surface area contributed by atoms with Crippen molar-refractivity contribution in [1.82, 2.24) is 0 Å². The van der Waals surface area contributed by atoms with Gasteiger partial charge in [-0.2, -0.15) is 0 Å². The van der Waals surface area contributed by atoms with Gasteiger partial charge in [0.05, 0.1) is 0 Å². The van der Waals surface area contributed by atoms with Crippen LogP contribution in [0.4, 0.5) is 0 Å². The van der Waals surface area contributed by atoms with E-state index < -0.39 is 0 Å². The Labute approximate surface area is 88.4 Å². The van der Waals surface area contributed by atoms with Gasteiger partial charge in [0.15, 0.2) is 0 Å². The van der Waals surface area contributed by atoms with Gasteiger partial charge in [-0.15, -0.1) is 0 Å². The summed E-state index contributed by atoms with van der Waals surface area (Å²) in [6.45, 7) is 9.29. The summed E-state index contributed by atoms with van der Waals surface area (Å²) in [6.07, 6.45) is 1.32. The minimum absolute atomic E-state index is 0.679. The average Bonchev–Trinajstić information content (AvgIpc) is 2.17. The summed E-state index contributed by atoms with van der Waals surface area (Å²) >= 11 is 0. The molecule has 1 aromatic rings. The van der Waals surface area contributed by atoms with E-state index in [1.54, 1.807) is 0 Å². The highest BCUT2D eigenvalue weighted by Gasteiger charge is 2.14. The molecule has 0 spiro atoms. The van der Waals surface area contributed by atoms with Crippen molar-refractivity contribution >= 4 is 0 Å². The van der Waals surface area contributed by atoms with Crippen LogP contribution < -0.4 is 0 Å². The predicted octanol–water partition coefficient (Wildman–Crippen LogP) is 4.47. The van der Waals surface area contributed by atoms with Gasteiger partial charge >= 0.3 is 0 Å². The smallest absolute Gasteiger partial charge is 0.0165 e. The highest BCUT2D eigenvalue weighted by molar-refractivity contribution is 5.19. The minimum atomic E-state index is 0.679. The first-order valence-corrected chi connectivity index (χ1v) is 5.66. The maximum Gasteiger partial charge on any atom is -0.0165 e. The second-order valence-corrected chi connectivity index (χ2v) is 4.81. The fraction of sp³-hybridized carbons (Fsp3) is 0.571. The van der Waals surface area contributed by atoms with Gasteiger partial charge in [-0.25, -0.2) is 0 Å². The molecule has 0 aromatic heterocycles. The first-order chi connectivity index (χ1) is 6.61. The van der Waals surface area contributed by atoms with E-state index in [2.05, 4.69) is 58.0 Å². The molecule has 0 N–H and O–H groups in total. The lowest BCUT2D eigenvalue weighted by molar-refractivity contribution is 0.388. The van der Waals surface area contributed by atoms with E-state index in [-0.39, 0.29) is 0 Å². The van der Waals surface area contributed by atoms with Gasteiger partial charge in [0.2, 0.25) is 0 Å². The molecule has 1 aromatic carbocycles. The molecule has 0 saturated heterocycles. The van der Waals surface area contributed by atoms with Crippen LogP contribution in [0.3, 0.4) is 0 Å². The highest BCUT2D eigenvalue weighted by Crippen LogP contribution is 2.28. The van der Waals surface area contributed by atoms with E-state index >= 15 is 0 Å². The topological polar surface area (TPSA) is 0 Å². The monoisotopic (exact) mass is 190 g/mol. The zero-order valence-corrected chi connectivity index (χ0v) is 9.83. The molecule has 0 heteroatoms. The fourth-order valence-corrected chi connectivity index (χ4v) is 2.03. The average molecular weight is 190 g/mol. The van der Waals surface area contributed by atoms with Gasteiger partial charge in [0, 0.05) is 0 Å². The second-order valence-electron chi connectivity index (χ2n) is 4.81. The van der Waals surface area contributed by atoms with Crippen molar-refractivity contribution in [2.24, 2.45) is 11.8 Å². The molecule has 0 nitrogen and oxygen atoms in total. The van der Waals surface area contributed by atoms with E-state index in [1.807, 2.05) is 0 Å². The van der Waals surface area contributed by atoms with Gasteiger partial charge in [-0.1, -0.05) is 58.0 Å². The lowest BCUT2D eigenvalue weighted by Crippen LogP contribution is -2.08. The predicted molar refractivity (Wildman–Crippen MR) is 63.5 cm³/mol. The molecular weight excluding hydrogens is 168 g/mol. The SMILES string of the molecule is CC(C)CC(C)C(C)c1ccccc1. The minimum Gasteiger partial charge on any atom is -0.0628 e. The van der Waals surface area contributed by atoms with Crippen LogP contribution in [0.5, 0.6) is 0 Å².